The van der Waals surface area contributed by atoms with E-state index in [1.165, 1.54) is 6.33 Å². The zero-order valence-corrected chi connectivity index (χ0v) is 15.6. The number of hydrogen-bond acceptors (Lipinski definition) is 5. The molecule has 3 aromatic rings. The number of nitrogens with zero attached hydrogens (tertiary/aromatic N) is 2. The quantitative estimate of drug-likeness (QED) is 0.613. The molecule has 0 aliphatic rings. The van der Waals surface area contributed by atoms with Crippen LogP contribution < -0.4 is 10.0 Å². The number of fused-ring (bicyclic) bond motifs is 1. The number of nitrogens with one attached hydrogen (secondary N) is 2. The van der Waals surface area contributed by atoms with Crippen LogP contribution in [0.1, 0.15) is 18.9 Å². The minimum atomic E-state index is -3.74. The highest BCUT2D eigenvalue weighted by atomic mass is 32.2. The van der Waals surface area contributed by atoms with Crippen molar-refractivity contribution in [2.75, 3.05) is 15.8 Å². The summed E-state index contributed by atoms with van der Waals surface area (Å²) < 4.78 is 55.1. The fourth-order valence-electron chi connectivity index (χ4n) is 2.60. The van der Waals surface area contributed by atoms with Crippen LogP contribution in [-0.2, 0) is 10.0 Å². The summed E-state index contributed by atoms with van der Waals surface area (Å²) in [7, 11) is -3.74. The second-order valence-electron chi connectivity index (χ2n) is 5.93. The van der Waals surface area contributed by atoms with Gasteiger partial charge in [-0.25, -0.2) is 27.2 Å². The topological polar surface area (TPSA) is 84.0 Å². The summed E-state index contributed by atoms with van der Waals surface area (Å²) in [6.45, 7) is 1.68. The highest BCUT2D eigenvalue weighted by Crippen LogP contribution is 2.31. The largest absolute Gasteiger partial charge is 0.335 e. The lowest BCUT2D eigenvalue weighted by Crippen LogP contribution is -2.17. The molecule has 6 nitrogen and oxygen atoms in total. The van der Waals surface area contributed by atoms with Crippen molar-refractivity contribution in [1.82, 2.24) is 9.97 Å². The van der Waals surface area contributed by atoms with Gasteiger partial charge in [-0.15, -0.1) is 6.42 Å². The van der Waals surface area contributed by atoms with Crippen molar-refractivity contribution in [2.24, 2.45) is 0 Å². The number of terminal acetylenes is 1. The number of aromatic nitrogens is 2. The number of benzene rings is 2. The van der Waals surface area contributed by atoms with Gasteiger partial charge in [0.1, 0.15) is 23.6 Å². The van der Waals surface area contributed by atoms with E-state index in [9.17, 15) is 17.2 Å². The summed E-state index contributed by atoms with van der Waals surface area (Å²) in [5, 5.41) is 3.05. The minimum Gasteiger partial charge on any atom is -0.335 e. The summed E-state index contributed by atoms with van der Waals surface area (Å²) in [6.07, 6.45) is 6.99. The normalized spacial score (nSPS) is 11.2. The zero-order valence-electron chi connectivity index (χ0n) is 14.8. The molecule has 3 rings (SSSR count). The highest BCUT2D eigenvalue weighted by molar-refractivity contribution is 7.92. The minimum absolute atomic E-state index is 0.133. The third kappa shape index (κ3) is 4.02. The molecule has 2 N–H and O–H groups in total. The second kappa shape index (κ2) is 7.78. The lowest BCUT2D eigenvalue weighted by atomic mass is 10.1. The number of sulfonamides is 1. The van der Waals surface area contributed by atoms with Gasteiger partial charge in [0.05, 0.1) is 17.0 Å². The monoisotopic (exact) mass is 402 g/mol. The molecular weight excluding hydrogens is 386 g/mol. The van der Waals surface area contributed by atoms with E-state index in [-0.39, 0.29) is 17.3 Å². The standard InChI is InChI=1S/C19H16F2N4O2S/c1-3-9-28(26,27)25-16-8-6-14(20)18(17(16)21)24-19-13-10-12(4-2)5-7-15(13)22-11-23-19/h2,5-8,10-11,25H,3,9H2,1H3,(H,22,23,24). The van der Waals surface area contributed by atoms with Gasteiger partial charge in [-0.1, -0.05) is 12.8 Å². The highest BCUT2D eigenvalue weighted by Gasteiger charge is 2.19. The molecule has 0 saturated carbocycles. The van der Waals surface area contributed by atoms with E-state index in [1.54, 1.807) is 25.1 Å². The Morgan fingerprint density at radius 1 is 1.18 bits per heavy atom. The van der Waals surface area contributed by atoms with Crippen molar-refractivity contribution in [3.8, 4) is 12.3 Å². The average molecular weight is 402 g/mol. The molecule has 1 heterocycles. The van der Waals surface area contributed by atoms with Crippen LogP contribution >= 0.6 is 0 Å². The predicted molar refractivity (Wildman–Crippen MR) is 105 cm³/mol. The van der Waals surface area contributed by atoms with Crippen LogP contribution in [0.4, 0.5) is 26.0 Å². The van der Waals surface area contributed by atoms with Crippen molar-refractivity contribution >= 4 is 38.1 Å². The maximum absolute atomic E-state index is 14.8. The van der Waals surface area contributed by atoms with E-state index in [1.807, 2.05) is 0 Å². The van der Waals surface area contributed by atoms with Gasteiger partial charge in [-0.3, -0.25) is 4.72 Å². The number of hydrogen-bond donors (Lipinski definition) is 2. The Balaban J connectivity index is 2.05. The molecule has 0 fully saturated rings. The third-order valence-electron chi connectivity index (χ3n) is 3.87. The van der Waals surface area contributed by atoms with Gasteiger partial charge in [0.25, 0.3) is 0 Å². The van der Waals surface area contributed by atoms with Gasteiger partial charge in [-0.05, 0) is 36.8 Å². The Bertz CT molecular complexity index is 1190. The molecule has 2 aromatic carbocycles. The van der Waals surface area contributed by atoms with E-state index >= 15 is 0 Å². The average Bonchev–Trinajstić information content (AvgIpc) is 2.67. The molecule has 0 atom stereocenters. The molecule has 0 saturated heterocycles. The molecule has 0 aliphatic heterocycles. The van der Waals surface area contributed by atoms with Crippen LogP contribution in [-0.4, -0.2) is 24.1 Å². The van der Waals surface area contributed by atoms with Crippen LogP contribution in [0.2, 0.25) is 0 Å². The predicted octanol–water partition coefficient (Wildman–Crippen LogP) is 3.78. The van der Waals surface area contributed by atoms with Crippen molar-refractivity contribution in [2.45, 2.75) is 13.3 Å². The van der Waals surface area contributed by atoms with Gasteiger partial charge in [0.15, 0.2) is 5.82 Å². The molecule has 28 heavy (non-hydrogen) atoms. The van der Waals surface area contributed by atoms with E-state index in [2.05, 4.69) is 25.9 Å². The van der Waals surface area contributed by atoms with E-state index < -0.39 is 27.3 Å². The first-order valence-electron chi connectivity index (χ1n) is 8.31. The van der Waals surface area contributed by atoms with Crippen LogP contribution in [0.15, 0.2) is 36.7 Å². The lowest BCUT2D eigenvalue weighted by Gasteiger charge is -2.14. The van der Waals surface area contributed by atoms with Gasteiger partial charge in [-0.2, -0.15) is 0 Å². The van der Waals surface area contributed by atoms with E-state index in [0.717, 1.165) is 12.1 Å². The van der Waals surface area contributed by atoms with Crippen molar-refractivity contribution in [3.05, 3.63) is 53.9 Å². The maximum atomic E-state index is 14.8. The Morgan fingerprint density at radius 3 is 2.68 bits per heavy atom. The van der Waals surface area contributed by atoms with E-state index in [4.69, 9.17) is 6.42 Å². The van der Waals surface area contributed by atoms with E-state index in [0.29, 0.717) is 22.9 Å². The smallest absolute Gasteiger partial charge is 0.232 e. The van der Waals surface area contributed by atoms with Gasteiger partial charge >= 0.3 is 0 Å². The fourth-order valence-corrected chi connectivity index (χ4v) is 3.73. The molecule has 0 unspecified atom stereocenters. The second-order valence-corrected chi connectivity index (χ2v) is 7.77. The molecule has 0 aliphatic carbocycles. The molecule has 0 bridgehead atoms. The molecule has 144 valence electrons. The van der Waals surface area contributed by atoms with Crippen LogP contribution in [0.3, 0.4) is 0 Å². The summed E-state index contributed by atoms with van der Waals surface area (Å²) in [6, 6.07) is 6.95. The molecule has 9 heteroatoms. The third-order valence-corrected chi connectivity index (χ3v) is 5.35. The summed E-state index contributed by atoms with van der Waals surface area (Å²) in [5.74, 6) is 0.431. The SMILES string of the molecule is C#Cc1ccc2ncnc(Nc3c(F)ccc(NS(=O)(=O)CCC)c3F)c2c1. The first-order valence-corrected chi connectivity index (χ1v) is 9.96. The zero-order chi connectivity index (χ0) is 20.3. The van der Waals surface area contributed by atoms with Crippen molar-refractivity contribution in [3.63, 3.8) is 0 Å². The van der Waals surface area contributed by atoms with Crippen molar-refractivity contribution in [1.29, 1.82) is 0 Å². The maximum Gasteiger partial charge on any atom is 0.232 e. The van der Waals surface area contributed by atoms with Crippen molar-refractivity contribution < 1.29 is 17.2 Å². The number of halogens is 2. The first kappa shape index (κ1) is 19.5. The summed E-state index contributed by atoms with van der Waals surface area (Å²) >= 11 is 0. The number of rotatable bonds is 6. The number of anilines is 3. The summed E-state index contributed by atoms with van der Waals surface area (Å²) in [5.41, 5.74) is 0.173. The van der Waals surface area contributed by atoms with Crippen LogP contribution in [0, 0.1) is 24.0 Å². The molecular formula is C19H16F2N4O2S. The van der Waals surface area contributed by atoms with Gasteiger partial charge in [0.2, 0.25) is 10.0 Å². The molecule has 0 amide bonds. The molecule has 0 spiro atoms. The Kier molecular flexibility index (Phi) is 5.42. The van der Waals surface area contributed by atoms with Gasteiger partial charge < -0.3 is 5.32 Å². The Hall–Kier alpha value is -3.25. The fraction of sp³-hybridized carbons (Fsp3) is 0.158. The Morgan fingerprint density at radius 2 is 1.96 bits per heavy atom. The Labute approximate surface area is 161 Å². The van der Waals surface area contributed by atoms with Gasteiger partial charge in [0, 0.05) is 10.9 Å². The molecule has 0 radical (unpaired) electrons. The first-order chi connectivity index (χ1) is 13.3. The molecule has 1 aromatic heterocycles. The van der Waals surface area contributed by atoms with Crippen LogP contribution in [0.25, 0.3) is 10.9 Å². The van der Waals surface area contributed by atoms with Crippen LogP contribution in [0.5, 0.6) is 0 Å². The summed E-state index contributed by atoms with van der Waals surface area (Å²) in [4.78, 5) is 8.12. The lowest BCUT2D eigenvalue weighted by molar-refractivity contribution is 0.588.